The van der Waals surface area contributed by atoms with E-state index in [1.54, 1.807) is 12.1 Å². The quantitative estimate of drug-likeness (QED) is 0.818. The lowest BCUT2D eigenvalue weighted by Crippen LogP contribution is -2.32. The Balaban J connectivity index is 2.67. The van der Waals surface area contributed by atoms with Gasteiger partial charge in [-0.3, -0.25) is 0 Å². The van der Waals surface area contributed by atoms with Gasteiger partial charge in [-0.2, -0.15) is 0 Å². The summed E-state index contributed by atoms with van der Waals surface area (Å²) in [6, 6.07) is 6.80. The molecule has 0 fully saturated rings. The minimum atomic E-state index is -3.41. The lowest BCUT2D eigenvalue weighted by Gasteiger charge is -2.14. The Morgan fingerprint density at radius 1 is 1.20 bits per heavy atom. The maximum absolute atomic E-state index is 12.2. The van der Waals surface area contributed by atoms with E-state index >= 15 is 0 Å². The minimum absolute atomic E-state index is 0.103. The molecule has 1 aromatic rings. The number of rotatable bonds is 6. The number of benzene rings is 1. The summed E-state index contributed by atoms with van der Waals surface area (Å²) < 4.78 is 27.1. The number of nitrogens with one attached hydrogen (secondary N) is 1. The fourth-order valence-corrected chi connectivity index (χ4v) is 3.82. The van der Waals surface area contributed by atoms with Crippen LogP contribution in [0.25, 0.3) is 0 Å². The van der Waals surface area contributed by atoms with Crippen LogP contribution in [-0.4, -0.2) is 22.5 Å². The first-order valence-corrected chi connectivity index (χ1v) is 11.9. The molecule has 5 heteroatoms. The van der Waals surface area contributed by atoms with Crippen LogP contribution in [0.4, 0.5) is 0 Å². The fourth-order valence-electron chi connectivity index (χ4n) is 1.72. The predicted molar refractivity (Wildman–Crippen MR) is 88.1 cm³/mol. The summed E-state index contributed by atoms with van der Waals surface area (Å²) in [5, 5.41) is 0. The molecule has 0 saturated carbocycles. The zero-order valence-corrected chi connectivity index (χ0v) is 14.8. The third-order valence-electron chi connectivity index (χ3n) is 2.80. The van der Waals surface area contributed by atoms with Crippen LogP contribution < -0.4 is 4.72 Å². The first-order chi connectivity index (χ1) is 9.10. The van der Waals surface area contributed by atoms with Crippen molar-refractivity contribution < 1.29 is 8.42 Å². The summed E-state index contributed by atoms with van der Waals surface area (Å²) in [5.74, 6) is 0. The Kier molecular flexibility index (Phi) is 5.74. The lowest BCUT2D eigenvalue weighted by atomic mass is 10.2. The van der Waals surface area contributed by atoms with Crippen LogP contribution in [0.15, 0.2) is 40.9 Å². The van der Waals surface area contributed by atoms with E-state index in [0.29, 0.717) is 4.90 Å². The van der Waals surface area contributed by atoms with Crippen molar-refractivity contribution in [3.05, 3.63) is 41.6 Å². The van der Waals surface area contributed by atoms with Crippen molar-refractivity contribution in [3.63, 3.8) is 0 Å². The van der Waals surface area contributed by atoms with E-state index in [0.717, 1.165) is 12.0 Å². The molecule has 0 radical (unpaired) electrons. The van der Waals surface area contributed by atoms with Crippen LogP contribution in [0, 0.1) is 6.92 Å². The summed E-state index contributed by atoms with van der Waals surface area (Å²) in [5.41, 5.74) is 3.29. The maximum Gasteiger partial charge on any atom is 0.240 e. The average molecular weight is 312 g/mol. The maximum atomic E-state index is 12.2. The van der Waals surface area contributed by atoms with Crippen molar-refractivity contribution in [1.82, 2.24) is 4.72 Å². The van der Waals surface area contributed by atoms with E-state index in [9.17, 15) is 8.42 Å². The topological polar surface area (TPSA) is 46.2 Å². The summed E-state index contributed by atoms with van der Waals surface area (Å²) in [6.45, 7) is 10.6. The van der Waals surface area contributed by atoms with E-state index in [4.69, 9.17) is 0 Å². The van der Waals surface area contributed by atoms with Gasteiger partial charge in [-0.15, -0.1) is 0 Å². The van der Waals surface area contributed by atoms with Crippen LogP contribution in [0.2, 0.25) is 19.6 Å². The highest BCUT2D eigenvalue weighted by Gasteiger charge is 2.16. The normalized spacial score (nSPS) is 14.7. The van der Waals surface area contributed by atoms with Crippen molar-refractivity contribution in [2.45, 2.75) is 50.8 Å². The Bertz CT molecular complexity index is 557. The van der Waals surface area contributed by atoms with E-state index in [1.807, 2.05) is 26.0 Å². The Hall–Kier alpha value is -0.913. The van der Waals surface area contributed by atoms with Gasteiger partial charge in [0.15, 0.2) is 0 Å². The Morgan fingerprint density at radius 2 is 1.75 bits per heavy atom. The van der Waals surface area contributed by atoms with Crippen LogP contribution in [0.5, 0.6) is 0 Å². The van der Waals surface area contributed by atoms with E-state index in [-0.39, 0.29) is 6.04 Å². The van der Waals surface area contributed by atoms with Gasteiger partial charge in [-0.1, -0.05) is 49.1 Å². The molecule has 0 aromatic heterocycles. The zero-order chi connectivity index (χ0) is 15.4. The standard InChI is InChI=1S/C15H25NO2SSi/c1-13-8-10-15(11-9-13)19(17,18)16-14(2)7-6-12-20(3,4)5/h6,8-12,14,16H,7H2,1-5H3/b12-6-/t14-/m0/s1. The Morgan fingerprint density at radius 3 is 2.25 bits per heavy atom. The highest BCUT2D eigenvalue weighted by atomic mass is 32.2. The fraction of sp³-hybridized carbons (Fsp3) is 0.467. The highest BCUT2D eigenvalue weighted by Crippen LogP contribution is 2.11. The van der Waals surface area contributed by atoms with E-state index in [1.165, 1.54) is 0 Å². The van der Waals surface area contributed by atoms with E-state index < -0.39 is 18.1 Å². The van der Waals surface area contributed by atoms with Crippen LogP contribution >= 0.6 is 0 Å². The van der Waals surface area contributed by atoms with Crippen molar-refractivity contribution in [2.24, 2.45) is 0 Å². The second-order valence-corrected chi connectivity index (χ2v) is 13.1. The van der Waals surface area contributed by atoms with Gasteiger partial charge in [-0.05, 0) is 32.4 Å². The zero-order valence-electron chi connectivity index (χ0n) is 13.0. The molecular formula is C15H25NO2SSi. The van der Waals surface area contributed by atoms with Crippen LogP contribution in [-0.2, 0) is 10.0 Å². The lowest BCUT2D eigenvalue weighted by molar-refractivity contribution is 0.562. The molecule has 0 unspecified atom stereocenters. The third-order valence-corrected chi connectivity index (χ3v) is 5.64. The monoisotopic (exact) mass is 311 g/mol. The largest absolute Gasteiger partial charge is 0.240 e. The molecule has 0 aliphatic heterocycles. The summed E-state index contributed by atoms with van der Waals surface area (Å²) in [7, 11) is -4.63. The predicted octanol–water partition coefficient (Wildman–Crippen LogP) is 3.49. The SMILES string of the molecule is Cc1ccc(S(=O)(=O)N[C@@H](C)C/C=C\[Si](C)(C)C)cc1. The van der Waals surface area contributed by atoms with Crippen LogP contribution in [0.1, 0.15) is 18.9 Å². The minimum Gasteiger partial charge on any atom is -0.208 e. The second kappa shape index (κ2) is 6.69. The van der Waals surface area contributed by atoms with Gasteiger partial charge in [0.25, 0.3) is 0 Å². The molecule has 1 rings (SSSR count). The second-order valence-electron chi connectivity index (χ2n) is 6.34. The Labute approximate surface area is 124 Å². The van der Waals surface area contributed by atoms with Gasteiger partial charge in [0, 0.05) is 6.04 Å². The number of hydrogen-bond donors (Lipinski definition) is 1. The number of sulfonamides is 1. The van der Waals surface area contributed by atoms with E-state index in [2.05, 4.69) is 36.1 Å². The van der Waals surface area contributed by atoms with Gasteiger partial charge in [-0.25, -0.2) is 13.1 Å². The number of hydrogen-bond acceptors (Lipinski definition) is 2. The molecule has 112 valence electrons. The summed E-state index contributed by atoms with van der Waals surface area (Å²) in [6.07, 6.45) is 2.81. The molecular weight excluding hydrogens is 286 g/mol. The molecule has 20 heavy (non-hydrogen) atoms. The van der Waals surface area contributed by atoms with Crippen molar-refractivity contribution >= 4 is 18.1 Å². The van der Waals surface area contributed by atoms with Gasteiger partial charge in [0.2, 0.25) is 10.0 Å². The molecule has 1 aromatic carbocycles. The molecule has 0 amide bonds. The summed E-state index contributed by atoms with van der Waals surface area (Å²) in [4.78, 5) is 0.323. The van der Waals surface area contributed by atoms with Gasteiger partial charge in [0.1, 0.15) is 0 Å². The van der Waals surface area contributed by atoms with Crippen molar-refractivity contribution in [1.29, 1.82) is 0 Å². The molecule has 3 nitrogen and oxygen atoms in total. The first kappa shape index (κ1) is 17.1. The van der Waals surface area contributed by atoms with Crippen molar-refractivity contribution in [2.75, 3.05) is 0 Å². The highest BCUT2D eigenvalue weighted by molar-refractivity contribution is 7.89. The molecule has 0 spiro atoms. The van der Waals surface area contributed by atoms with Crippen LogP contribution in [0.3, 0.4) is 0 Å². The molecule has 1 N–H and O–H groups in total. The third kappa shape index (κ3) is 6.03. The molecule has 0 aliphatic rings. The molecule has 0 aliphatic carbocycles. The number of aryl methyl sites for hydroxylation is 1. The first-order valence-electron chi connectivity index (χ1n) is 6.87. The smallest absolute Gasteiger partial charge is 0.208 e. The van der Waals surface area contributed by atoms with Gasteiger partial charge >= 0.3 is 0 Å². The average Bonchev–Trinajstić information content (AvgIpc) is 2.26. The van der Waals surface area contributed by atoms with Gasteiger partial charge in [0.05, 0.1) is 13.0 Å². The van der Waals surface area contributed by atoms with Gasteiger partial charge < -0.3 is 0 Å². The molecule has 0 bridgehead atoms. The molecule has 0 saturated heterocycles. The molecule has 0 heterocycles. The van der Waals surface area contributed by atoms with Crippen molar-refractivity contribution in [3.8, 4) is 0 Å². The molecule has 1 atom stereocenters. The summed E-state index contributed by atoms with van der Waals surface area (Å²) >= 11 is 0.